The second kappa shape index (κ2) is 4.87. The van der Waals surface area contributed by atoms with E-state index in [0.29, 0.717) is 18.8 Å². The van der Waals surface area contributed by atoms with Crippen molar-refractivity contribution in [1.82, 2.24) is 4.98 Å². The SMILES string of the molecule is C=CC1CC(=O)N(c2cc(OC)ncc2Br)C1. The lowest BCUT2D eigenvalue weighted by molar-refractivity contribution is -0.117. The molecule has 1 aliphatic heterocycles. The Morgan fingerprint density at radius 3 is 3.06 bits per heavy atom. The Morgan fingerprint density at radius 1 is 1.71 bits per heavy atom. The minimum Gasteiger partial charge on any atom is -0.481 e. The third kappa shape index (κ3) is 2.34. The van der Waals surface area contributed by atoms with E-state index in [1.165, 1.54) is 0 Å². The second-order valence-electron chi connectivity index (χ2n) is 3.88. The van der Waals surface area contributed by atoms with E-state index in [2.05, 4.69) is 27.5 Å². The van der Waals surface area contributed by atoms with Crippen molar-refractivity contribution < 1.29 is 9.53 Å². The Kier molecular flexibility index (Phi) is 3.47. The lowest BCUT2D eigenvalue weighted by atomic mass is 10.1. The normalized spacial score (nSPS) is 19.5. The van der Waals surface area contributed by atoms with E-state index in [1.807, 2.05) is 6.08 Å². The monoisotopic (exact) mass is 296 g/mol. The number of anilines is 1. The highest BCUT2D eigenvalue weighted by atomic mass is 79.9. The lowest BCUT2D eigenvalue weighted by Gasteiger charge is -2.18. The van der Waals surface area contributed by atoms with Crippen molar-refractivity contribution >= 4 is 27.5 Å². The van der Waals surface area contributed by atoms with Crippen LogP contribution in [0.3, 0.4) is 0 Å². The molecule has 1 aromatic rings. The van der Waals surface area contributed by atoms with Gasteiger partial charge in [-0.05, 0) is 15.9 Å². The zero-order valence-electron chi connectivity index (χ0n) is 9.52. The molecule has 1 saturated heterocycles. The number of amides is 1. The van der Waals surface area contributed by atoms with Crippen molar-refractivity contribution in [3.05, 3.63) is 29.4 Å². The lowest BCUT2D eigenvalue weighted by Crippen LogP contribution is -2.24. The number of rotatable bonds is 3. The highest BCUT2D eigenvalue weighted by Gasteiger charge is 2.30. The molecule has 0 N–H and O–H groups in total. The van der Waals surface area contributed by atoms with E-state index in [4.69, 9.17) is 4.74 Å². The summed E-state index contributed by atoms with van der Waals surface area (Å²) in [6.45, 7) is 4.39. The third-order valence-corrected chi connectivity index (χ3v) is 3.41. The molecule has 0 bridgehead atoms. The highest BCUT2D eigenvalue weighted by molar-refractivity contribution is 9.10. The summed E-state index contributed by atoms with van der Waals surface area (Å²) in [5.74, 6) is 0.815. The summed E-state index contributed by atoms with van der Waals surface area (Å²) in [6, 6.07) is 1.76. The predicted octanol–water partition coefficient (Wildman–Crippen LogP) is 2.39. The number of halogens is 1. The second-order valence-corrected chi connectivity index (χ2v) is 4.74. The molecule has 1 fully saturated rings. The first kappa shape index (κ1) is 12.1. The van der Waals surface area contributed by atoms with Crippen LogP contribution in [-0.2, 0) is 4.79 Å². The van der Waals surface area contributed by atoms with Gasteiger partial charge in [0.1, 0.15) is 0 Å². The molecule has 90 valence electrons. The van der Waals surface area contributed by atoms with E-state index >= 15 is 0 Å². The molecule has 1 amide bonds. The molecule has 2 heterocycles. The molecule has 1 aromatic heterocycles. The van der Waals surface area contributed by atoms with Gasteiger partial charge in [-0.2, -0.15) is 0 Å². The number of carbonyl (C=O) groups is 1. The minimum atomic E-state index is 0.101. The van der Waals surface area contributed by atoms with Gasteiger partial charge >= 0.3 is 0 Å². The summed E-state index contributed by atoms with van der Waals surface area (Å²) in [6.07, 6.45) is 3.98. The average Bonchev–Trinajstić information content (AvgIpc) is 2.71. The van der Waals surface area contributed by atoms with E-state index in [9.17, 15) is 4.79 Å². The van der Waals surface area contributed by atoms with Crippen LogP contribution >= 0.6 is 15.9 Å². The number of carbonyl (C=O) groups excluding carboxylic acids is 1. The smallest absolute Gasteiger partial charge is 0.227 e. The van der Waals surface area contributed by atoms with Crippen LogP contribution in [0, 0.1) is 5.92 Å². The van der Waals surface area contributed by atoms with Gasteiger partial charge in [0.2, 0.25) is 11.8 Å². The van der Waals surface area contributed by atoms with Crippen LogP contribution in [-0.4, -0.2) is 24.5 Å². The van der Waals surface area contributed by atoms with Crippen molar-refractivity contribution in [3.8, 4) is 5.88 Å². The number of hydrogen-bond donors (Lipinski definition) is 0. The van der Waals surface area contributed by atoms with Gasteiger partial charge in [-0.25, -0.2) is 4.98 Å². The molecule has 1 unspecified atom stereocenters. The molecule has 1 aliphatic rings. The zero-order valence-corrected chi connectivity index (χ0v) is 11.1. The fourth-order valence-electron chi connectivity index (χ4n) is 1.85. The summed E-state index contributed by atoms with van der Waals surface area (Å²) < 4.78 is 5.86. The minimum absolute atomic E-state index is 0.101. The van der Waals surface area contributed by atoms with E-state index < -0.39 is 0 Å². The van der Waals surface area contributed by atoms with Crippen molar-refractivity contribution in [2.75, 3.05) is 18.6 Å². The van der Waals surface area contributed by atoms with Gasteiger partial charge in [0.15, 0.2) is 0 Å². The number of pyridine rings is 1. The Hall–Kier alpha value is -1.36. The Labute approximate surface area is 108 Å². The van der Waals surface area contributed by atoms with Crippen LogP contribution in [0.25, 0.3) is 0 Å². The summed E-state index contributed by atoms with van der Waals surface area (Å²) >= 11 is 3.40. The van der Waals surface area contributed by atoms with E-state index in [0.717, 1.165) is 10.2 Å². The molecule has 0 radical (unpaired) electrons. The molecular formula is C12H13BrN2O2. The van der Waals surface area contributed by atoms with Crippen molar-refractivity contribution in [2.45, 2.75) is 6.42 Å². The van der Waals surface area contributed by atoms with Crippen LogP contribution in [0.2, 0.25) is 0 Å². The van der Waals surface area contributed by atoms with Crippen molar-refractivity contribution in [1.29, 1.82) is 0 Å². The van der Waals surface area contributed by atoms with E-state index in [-0.39, 0.29) is 11.8 Å². The summed E-state index contributed by atoms with van der Waals surface area (Å²) in [5.41, 5.74) is 0.797. The van der Waals surface area contributed by atoms with Gasteiger partial charge < -0.3 is 9.64 Å². The molecular weight excluding hydrogens is 284 g/mol. The number of ether oxygens (including phenoxy) is 1. The van der Waals surface area contributed by atoms with Crippen LogP contribution < -0.4 is 9.64 Å². The van der Waals surface area contributed by atoms with Gasteiger partial charge in [0.05, 0.1) is 17.3 Å². The molecule has 17 heavy (non-hydrogen) atoms. The Morgan fingerprint density at radius 2 is 2.47 bits per heavy atom. The maximum atomic E-state index is 11.9. The van der Waals surface area contributed by atoms with Crippen LogP contribution in [0.15, 0.2) is 29.4 Å². The molecule has 0 aromatic carbocycles. The first-order valence-corrected chi connectivity index (χ1v) is 6.07. The van der Waals surface area contributed by atoms with Crippen molar-refractivity contribution in [2.24, 2.45) is 5.92 Å². The molecule has 5 heteroatoms. The number of methoxy groups -OCH3 is 1. The summed E-state index contributed by atoms with van der Waals surface area (Å²) in [7, 11) is 1.55. The Balaban J connectivity index is 2.33. The maximum absolute atomic E-state index is 11.9. The predicted molar refractivity (Wildman–Crippen MR) is 69.1 cm³/mol. The third-order valence-electron chi connectivity index (χ3n) is 2.80. The molecule has 4 nitrogen and oxygen atoms in total. The van der Waals surface area contributed by atoms with Gasteiger partial charge in [0, 0.05) is 31.1 Å². The molecule has 0 aliphatic carbocycles. The first-order chi connectivity index (χ1) is 8.15. The zero-order chi connectivity index (χ0) is 12.4. The number of aromatic nitrogens is 1. The molecule has 1 atom stereocenters. The van der Waals surface area contributed by atoms with Crippen LogP contribution in [0.5, 0.6) is 5.88 Å². The number of hydrogen-bond acceptors (Lipinski definition) is 3. The summed E-state index contributed by atoms with van der Waals surface area (Å²) in [5, 5.41) is 0. The van der Waals surface area contributed by atoms with Gasteiger partial charge in [-0.1, -0.05) is 6.08 Å². The molecule has 0 saturated carbocycles. The van der Waals surface area contributed by atoms with Crippen LogP contribution in [0.1, 0.15) is 6.42 Å². The largest absolute Gasteiger partial charge is 0.481 e. The Bertz CT molecular complexity index is 462. The van der Waals surface area contributed by atoms with Crippen LogP contribution in [0.4, 0.5) is 5.69 Å². The highest BCUT2D eigenvalue weighted by Crippen LogP contribution is 2.33. The average molecular weight is 297 g/mol. The molecule has 2 rings (SSSR count). The topological polar surface area (TPSA) is 42.4 Å². The molecule has 0 spiro atoms. The number of nitrogens with zero attached hydrogens (tertiary/aromatic N) is 2. The maximum Gasteiger partial charge on any atom is 0.227 e. The fourth-order valence-corrected chi connectivity index (χ4v) is 2.28. The standard InChI is InChI=1S/C12H13BrN2O2/c1-3-8-4-12(16)15(7-8)10-5-11(17-2)14-6-9(10)13/h3,5-6,8H,1,4,7H2,2H3. The summed E-state index contributed by atoms with van der Waals surface area (Å²) in [4.78, 5) is 17.7. The van der Waals surface area contributed by atoms with Gasteiger partial charge in [-0.15, -0.1) is 6.58 Å². The van der Waals surface area contributed by atoms with Crippen molar-refractivity contribution in [3.63, 3.8) is 0 Å². The first-order valence-electron chi connectivity index (χ1n) is 5.28. The van der Waals surface area contributed by atoms with E-state index in [1.54, 1.807) is 24.3 Å². The van der Waals surface area contributed by atoms with Gasteiger partial charge in [0.25, 0.3) is 0 Å². The fraction of sp³-hybridized carbons (Fsp3) is 0.333. The van der Waals surface area contributed by atoms with Gasteiger partial charge in [-0.3, -0.25) is 4.79 Å². The quantitative estimate of drug-likeness (QED) is 0.805.